The highest BCUT2D eigenvalue weighted by molar-refractivity contribution is 6.22. The van der Waals surface area contributed by atoms with Gasteiger partial charge in [0.15, 0.2) is 0 Å². The fourth-order valence-electron chi connectivity index (χ4n) is 4.25. The Bertz CT molecular complexity index is 1090. The topological polar surface area (TPSA) is 90.0 Å². The maximum atomic E-state index is 13.1. The number of amides is 4. The van der Waals surface area contributed by atoms with Crippen LogP contribution in [0.5, 0.6) is 0 Å². The van der Waals surface area contributed by atoms with E-state index in [9.17, 15) is 19.2 Å². The molecule has 1 saturated heterocycles. The Kier molecular flexibility index (Phi) is 7.07. The van der Waals surface area contributed by atoms with Crippen LogP contribution in [0.3, 0.4) is 0 Å². The van der Waals surface area contributed by atoms with Crippen LogP contribution in [0, 0.1) is 0 Å². The van der Waals surface area contributed by atoms with E-state index in [1.165, 1.54) is 11.0 Å². The predicted molar refractivity (Wildman–Crippen MR) is 127 cm³/mol. The molecule has 0 spiro atoms. The summed E-state index contributed by atoms with van der Waals surface area (Å²) in [6.07, 6.45) is 0.882. The van der Waals surface area contributed by atoms with Crippen molar-refractivity contribution in [3.8, 4) is 0 Å². The van der Waals surface area contributed by atoms with Gasteiger partial charge in [0, 0.05) is 37.8 Å². The summed E-state index contributed by atoms with van der Waals surface area (Å²) in [5.74, 6) is -0.896. The molecule has 1 fully saturated rings. The molecule has 1 unspecified atom stereocenters. The van der Waals surface area contributed by atoms with Gasteiger partial charge in [0.1, 0.15) is 0 Å². The number of carbonyl (C=O) groups excluding carboxylic acids is 4. The van der Waals surface area contributed by atoms with Gasteiger partial charge in [-0.2, -0.15) is 0 Å². The number of imide groups is 1. The summed E-state index contributed by atoms with van der Waals surface area (Å²) in [6.45, 7) is 6.73. The van der Waals surface area contributed by atoms with Gasteiger partial charge in [-0.05, 0) is 37.1 Å². The molecule has 2 aromatic carbocycles. The van der Waals surface area contributed by atoms with Crippen LogP contribution in [-0.4, -0.2) is 77.1 Å². The van der Waals surface area contributed by atoms with Crippen LogP contribution in [0.4, 0.5) is 0 Å². The van der Waals surface area contributed by atoms with Crippen molar-refractivity contribution in [2.24, 2.45) is 0 Å². The lowest BCUT2D eigenvalue weighted by molar-refractivity contribution is -0.123. The minimum atomic E-state index is -0.379. The van der Waals surface area contributed by atoms with Crippen molar-refractivity contribution >= 4 is 23.6 Å². The minimum Gasteiger partial charge on any atom is -0.353 e. The van der Waals surface area contributed by atoms with Crippen LogP contribution < -0.4 is 5.32 Å². The van der Waals surface area contributed by atoms with Crippen molar-refractivity contribution in [3.63, 3.8) is 0 Å². The molecule has 2 aliphatic rings. The van der Waals surface area contributed by atoms with Gasteiger partial charge in [-0.15, -0.1) is 0 Å². The highest BCUT2D eigenvalue weighted by Gasteiger charge is 2.36. The lowest BCUT2D eigenvalue weighted by Crippen LogP contribution is -2.51. The van der Waals surface area contributed by atoms with E-state index >= 15 is 0 Å². The molecule has 0 aliphatic carbocycles. The van der Waals surface area contributed by atoms with Gasteiger partial charge >= 0.3 is 0 Å². The van der Waals surface area contributed by atoms with E-state index in [2.05, 4.69) is 5.32 Å². The first-order valence-corrected chi connectivity index (χ1v) is 11.7. The first kappa shape index (κ1) is 23.6. The van der Waals surface area contributed by atoms with E-state index in [0.717, 1.165) is 12.0 Å². The Hall–Kier alpha value is -3.52. The van der Waals surface area contributed by atoms with Crippen LogP contribution in [0.1, 0.15) is 56.9 Å². The smallest absolute Gasteiger partial charge is 0.261 e. The standard InChI is InChI=1S/C26H30N4O4/c1-3-18(2)27-23(31)17-28-11-13-29(14-12-28)24(32)20-9-10-21-22(15-20)26(34)30(25(21)33)16-19-7-5-4-6-8-19/h4-10,15,18H,3,11-14,16-17H2,1-2H3,(H,27,31). The van der Waals surface area contributed by atoms with Gasteiger partial charge in [-0.3, -0.25) is 29.0 Å². The number of nitrogens with zero attached hydrogens (tertiary/aromatic N) is 3. The average molecular weight is 463 g/mol. The van der Waals surface area contributed by atoms with Crippen molar-refractivity contribution in [2.75, 3.05) is 32.7 Å². The molecule has 0 radical (unpaired) electrons. The van der Waals surface area contributed by atoms with Crippen molar-refractivity contribution in [2.45, 2.75) is 32.9 Å². The zero-order chi connectivity index (χ0) is 24.2. The third kappa shape index (κ3) is 5.02. The lowest BCUT2D eigenvalue weighted by atomic mass is 10.0. The fraction of sp³-hybridized carbons (Fsp3) is 0.385. The SMILES string of the molecule is CCC(C)NC(=O)CN1CCN(C(=O)c2ccc3c(c2)C(=O)N(Cc2ccccc2)C3=O)CC1. The molecule has 34 heavy (non-hydrogen) atoms. The Morgan fingerprint density at radius 1 is 0.941 bits per heavy atom. The molecule has 4 amide bonds. The van der Waals surface area contributed by atoms with Gasteiger partial charge in [0.2, 0.25) is 5.91 Å². The molecule has 0 aromatic heterocycles. The zero-order valence-corrected chi connectivity index (χ0v) is 19.6. The molecular formula is C26H30N4O4. The second-order valence-electron chi connectivity index (χ2n) is 8.89. The second kappa shape index (κ2) is 10.2. The van der Waals surface area contributed by atoms with Gasteiger partial charge in [0.25, 0.3) is 17.7 Å². The predicted octanol–water partition coefficient (Wildman–Crippen LogP) is 2.16. The molecule has 2 aromatic rings. The van der Waals surface area contributed by atoms with E-state index in [1.807, 2.05) is 49.1 Å². The number of piperazine rings is 1. The lowest BCUT2D eigenvalue weighted by Gasteiger charge is -2.34. The first-order chi connectivity index (χ1) is 16.4. The highest BCUT2D eigenvalue weighted by atomic mass is 16.2. The summed E-state index contributed by atoms with van der Waals surface area (Å²) in [7, 11) is 0. The molecule has 4 rings (SSSR count). The fourth-order valence-corrected chi connectivity index (χ4v) is 4.25. The molecule has 1 atom stereocenters. The summed E-state index contributed by atoms with van der Waals surface area (Å²) in [4.78, 5) is 55.9. The van der Waals surface area contributed by atoms with Crippen molar-refractivity contribution < 1.29 is 19.2 Å². The number of hydrogen-bond acceptors (Lipinski definition) is 5. The van der Waals surface area contributed by atoms with Gasteiger partial charge in [-0.1, -0.05) is 37.3 Å². The molecule has 1 N–H and O–H groups in total. The number of hydrogen-bond donors (Lipinski definition) is 1. The summed E-state index contributed by atoms with van der Waals surface area (Å²) < 4.78 is 0. The number of rotatable bonds is 7. The third-order valence-electron chi connectivity index (χ3n) is 6.45. The average Bonchev–Trinajstić information content (AvgIpc) is 3.08. The Morgan fingerprint density at radius 2 is 1.62 bits per heavy atom. The van der Waals surface area contributed by atoms with Gasteiger partial charge < -0.3 is 10.2 Å². The van der Waals surface area contributed by atoms with Crippen LogP contribution in [0.2, 0.25) is 0 Å². The van der Waals surface area contributed by atoms with Crippen molar-refractivity contribution in [1.29, 1.82) is 0 Å². The quantitative estimate of drug-likeness (QED) is 0.637. The van der Waals surface area contributed by atoms with Gasteiger partial charge in [0.05, 0.1) is 24.2 Å². The van der Waals surface area contributed by atoms with E-state index in [1.54, 1.807) is 17.0 Å². The summed E-state index contributed by atoms with van der Waals surface area (Å²) in [5.41, 5.74) is 1.86. The monoisotopic (exact) mass is 462 g/mol. The molecule has 0 bridgehead atoms. The van der Waals surface area contributed by atoms with Crippen LogP contribution in [0.25, 0.3) is 0 Å². The molecule has 8 nitrogen and oxygen atoms in total. The maximum absolute atomic E-state index is 13.1. The highest BCUT2D eigenvalue weighted by Crippen LogP contribution is 2.26. The normalized spacial score (nSPS) is 17.0. The molecule has 2 heterocycles. The van der Waals surface area contributed by atoms with Gasteiger partial charge in [-0.25, -0.2) is 0 Å². The first-order valence-electron chi connectivity index (χ1n) is 11.7. The van der Waals surface area contributed by atoms with Crippen LogP contribution >= 0.6 is 0 Å². The Morgan fingerprint density at radius 3 is 2.29 bits per heavy atom. The molecule has 178 valence electrons. The summed E-state index contributed by atoms with van der Waals surface area (Å²) in [5, 5.41) is 2.96. The molecule has 2 aliphatic heterocycles. The third-order valence-corrected chi connectivity index (χ3v) is 6.45. The molecule has 0 saturated carbocycles. The van der Waals surface area contributed by atoms with E-state index in [0.29, 0.717) is 43.9 Å². The molecular weight excluding hydrogens is 432 g/mol. The van der Waals surface area contributed by atoms with Crippen molar-refractivity contribution in [3.05, 3.63) is 70.8 Å². The van der Waals surface area contributed by atoms with Crippen LogP contribution in [-0.2, 0) is 11.3 Å². The Balaban J connectivity index is 1.38. The maximum Gasteiger partial charge on any atom is 0.261 e. The number of carbonyl (C=O) groups is 4. The number of fused-ring (bicyclic) bond motifs is 1. The summed E-state index contributed by atoms with van der Waals surface area (Å²) >= 11 is 0. The largest absolute Gasteiger partial charge is 0.353 e. The number of nitrogens with one attached hydrogen (secondary N) is 1. The van der Waals surface area contributed by atoms with E-state index in [-0.39, 0.29) is 41.8 Å². The Labute approximate surface area is 199 Å². The molecule has 8 heteroatoms. The van der Waals surface area contributed by atoms with Crippen LogP contribution in [0.15, 0.2) is 48.5 Å². The van der Waals surface area contributed by atoms with E-state index < -0.39 is 0 Å². The minimum absolute atomic E-state index is 0.00372. The second-order valence-corrected chi connectivity index (χ2v) is 8.89. The van der Waals surface area contributed by atoms with E-state index in [4.69, 9.17) is 0 Å². The van der Waals surface area contributed by atoms with Crippen molar-refractivity contribution in [1.82, 2.24) is 20.0 Å². The number of benzene rings is 2. The summed E-state index contributed by atoms with van der Waals surface area (Å²) in [6, 6.07) is 14.2. The zero-order valence-electron chi connectivity index (χ0n) is 19.6.